The van der Waals surface area contributed by atoms with Crippen molar-refractivity contribution in [1.29, 1.82) is 0 Å². The van der Waals surface area contributed by atoms with Gasteiger partial charge in [-0.25, -0.2) is 4.98 Å². The quantitative estimate of drug-likeness (QED) is 0.633. The van der Waals surface area contributed by atoms with Gasteiger partial charge in [-0.15, -0.1) is 0 Å². The second-order valence-corrected chi connectivity index (χ2v) is 4.81. The molecular weight excluding hydrogens is 280 g/mol. The Balaban J connectivity index is 2.62. The first-order valence-electron chi connectivity index (χ1n) is 5.24. The third-order valence-corrected chi connectivity index (χ3v) is 3.30. The normalized spacial score (nSPS) is 11.2. The van der Waals surface area contributed by atoms with Crippen molar-refractivity contribution >= 4 is 43.8 Å². The molecule has 0 fully saturated rings. The molecule has 0 bridgehead atoms. The van der Waals surface area contributed by atoms with Crippen LogP contribution >= 0.6 is 15.9 Å². The number of benzene rings is 1. The van der Waals surface area contributed by atoms with Crippen LogP contribution in [0.3, 0.4) is 0 Å². The van der Waals surface area contributed by atoms with Gasteiger partial charge in [-0.3, -0.25) is 9.36 Å². The molecule has 0 unspecified atom stereocenters. The molecule has 0 aliphatic rings. The molecule has 0 spiro atoms. The van der Waals surface area contributed by atoms with E-state index in [9.17, 15) is 4.79 Å². The monoisotopic (exact) mass is 288 g/mol. The maximum absolute atomic E-state index is 11.7. The first kappa shape index (κ1) is 10.5. The highest BCUT2D eigenvalue weighted by Crippen LogP contribution is 2.29. The van der Waals surface area contributed by atoms with E-state index < -0.39 is 0 Å². The summed E-state index contributed by atoms with van der Waals surface area (Å²) >= 11 is 3.45. The molecule has 0 saturated carbocycles. The minimum Gasteiger partial charge on any atom is -0.274 e. The number of rotatable bonds is 0. The van der Waals surface area contributed by atoms with E-state index >= 15 is 0 Å². The number of fused-ring (bicyclic) bond motifs is 3. The lowest BCUT2D eigenvalue weighted by Crippen LogP contribution is -2.05. The molecule has 1 aromatic carbocycles. The molecular formula is C13H9BrN2O. The first-order valence-corrected chi connectivity index (χ1v) is 6.03. The van der Waals surface area contributed by atoms with Crippen molar-refractivity contribution in [2.24, 2.45) is 0 Å². The summed E-state index contributed by atoms with van der Waals surface area (Å²) in [5, 5.41) is 2.04. The zero-order valence-corrected chi connectivity index (χ0v) is 10.7. The summed E-state index contributed by atoms with van der Waals surface area (Å²) < 4.78 is 2.65. The minimum atomic E-state index is -0.0222. The number of hydrogen-bond donors (Lipinski definition) is 0. The maximum atomic E-state index is 11.7. The molecule has 17 heavy (non-hydrogen) atoms. The van der Waals surface area contributed by atoms with Crippen LogP contribution in [0.1, 0.15) is 11.7 Å². The minimum absolute atomic E-state index is 0.0222. The van der Waals surface area contributed by atoms with Gasteiger partial charge in [0.15, 0.2) is 0 Å². The number of hydrogen-bond acceptors (Lipinski definition) is 2. The van der Waals surface area contributed by atoms with E-state index in [1.807, 2.05) is 30.3 Å². The molecule has 2 aromatic heterocycles. The number of carbonyl (C=O) groups is 1. The van der Waals surface area contributed by atoms with E-state index in [1.54, 1.807) is 17.7 Å². The fourth-order valence-electron chi connectivity index (χ4n) is 2.14. The van der Waals surface area contributed by atoms with Crippen molar-refractivity contribution in [2.45, 2.75) is 6.92 Å². The number of aromatic nitrogens is 2. The van der Waals surface area contributed by atoms with Crippen LogP contribution in [-0.2, 0) is 0 Å². The average Bonchev–Trinajstić information content (AvgIpc) is 2.63. The van der Waals surface area contributed by atoms with E-state index in [1.165, 1.54) is 0 Å². The Labute approximate surface area is 106 Å². The number of pyridine rings is 1. The highest BCUT2D eigenvalue weighted by molar-refractivity contribution is 9.10. The second kappa shape index (κ2) is 3.67. The van der Waals surface area contributed by atoms with Crippen molar-refractivity contribution in [3.63, 3.8) is 0 Å². The fraction of sp³-hybridized carbons (Fsp3) is 0.0769. The van der Waals surface area contributed by atoms with Gasteiger partial charge >= 0.3 is 0 Å². The summed E-state index contributed by atoms with van der Waals surface area (Å²) in [6.07, 6.45) is 1.70. The van der Waals surface area contributed by atoms with Gasteiger partial charge < -0.3 is 0 Å². The zero-order chi connectivity index (χ0) is 12.0. The summed E-state index contributed by atoms with van der Waals surface area (Å²) in [6, 6.07) is 9.74. The molecule has 0 atom stereocenters. The van der Waals surface area contributed by atoms with Crippen LogP contribution in [0.15, 0.2) is 41.0 Å². The lowest BCUT2D eigenvalue weighted by atomic mass is 10.2. The number of nitrogens with zero attached hydrogens (tertiary/aromatic N) is 2. The molecule has 0 amide bonds. The lowest BCUT2D eigenvalue weighted by Gasteiger charge is -1.99. The Bertz CT molecular complexity index is 746. The van der Waals surface area contributed by atoms with Crippen LogP contribution in [0, 0.1) is 0 Å². The Morgan fingerprint density at radius 3 is 2.88 bits per heavy atom. The molecule has 84 valence electrons. The SMILES string of the molecule is CC(=O)n1c2ccc(Br)cc2c2cccnc21. The predicted octanol–water partition coefficient (Wildman–Crippen LogP) is 3.61. The Hall–Kier alpha value is -1.68. The van der Waals surface area contributed by atoms with Crippen LogP contribution < -0.4 is 0 Å². The van der Waals surface area contributed by atoms with Crippen molar-refractivity contribution in [2.75, 3.05) is 0 Å². The molecule has 3 nitrogen and oxygen atoms in total. The van der Waals surface area contributed by atoms with Gasteiger partial charge in [0.05, 0.1) is 5.52 Å². The van der Waals surface area contributed by atoms with Crippen molar-refractivity contribution < 1.29 is 4.79 Å². The van der Waals surface area contributed by atoms with E-state index in [0.29, 0.717) is 5.65 Å². The van der Waals surface area contributed by atoms with Gasteiger partial charge in [-0.1, -0.05) is 15.9 Å². The molecule has 3 aromatic rings. The van der Waals surface area contributed by atoms with Crippen LogP contribution in [0.2, 0.25) is 0 Å². The molecule has 0 radical (unpaired) electrons. The van der Waals surface area contributed by atoms with Gasteiger partial charge in [0, 0.05) is 28.4 Å². The number of carbonyl (C=O) groups excluding carboxylic acids is 1. The standard InChI is InChI=1S/C13H9BrN2O/c1-8(17)16-12-5-4-9(14)7-11(12)10-3-2-6-15-13(10)16/h2-7H,1H3. The second-order valence-electron chi connectivity index (χ2n) is 3.89. The van der Waals surface area contributed by atoms with E-state index in [4.69, 9.17) is 0 Å². The van der Waals surface area contributed by atoms with E-state index in [2.05, 4.69) is 20.9 Å². The molecule has 2 heterocycles. The fourth-order valence-corrected chi connectivity index (χ4v) is 2.50. The molecule has 0 saturated heterocycles. The highest BCUT2D eigenvalue weighted by Gasteiger charge is 2.13. The smallest absolute Gasteiger partial charge is 0.229 e. The third kappa shape index (κ3) is 1.48. The molecule has 4 heteroatoms. The highest BCUT2D eigenvalue weighted by atomic mass is 79.9. The van der Waals surface area contributed by atoms with Gasteiger partial charge in [-0.05, 0) is 30.3 Å². The van der Waals surface area contributed by atoms with Crippen molar-refractivity contribution in [3.8, 4) is 0 Å². The van der Waals surface area contributed by atoms with Crippen molar-refractivity contribution in [3.05, 3.63) is 41.0 Å². The van der Waals surface area contributed by atoms with Crippen LogP contribution in [0.5, 0.6) is 0 Å². The molecule has 3 rings (SSSR count). The summed E-state index contributed by atoms with van der Waals surface area (Å²) in [5.41, 5.74) is 1.61. The summed E-state index contributed by atoms with van der Waals surface area (Å²) in [4.78, 5) is 16.0. The first-order chi connectivity index (χ1) is 8.18. The predicted molar refractivity (Wildman–Crippen MR) is 71.2 cm³/mol. The Morgan fingerprint density at radius 2 is 2.12 bits per heavy atom. The Kier molecular flexibility index (Phi) is 2.26. The van der Waals surface area contributed by atoms with E-state index in [-0.39, 0.29) is 5.91 Å². The number of halogens is 1. The van der Waals surface area contributed by atoms with Crippen molar-refractivity contribution in [1.82, 2.24) is 9.55 Å². The zero-order valence-electron chi connectivity index (χ0n) is 9.14. The molecule has 0 N–H and O–H groups in total. The van der Waals surface area contributed by atoms with Crippen LogP contribution in [0.4, 0.5) is 0 Å². The lowest BCUT2D eigenvalue weighted by molar-refractivity contribution is 0.0946. The Morgan fingerprint density at radius 1 is 1.29 bits per heavy atom. The van der Waals surface area contributed by atoms with Crippen LogP contribution in [0.25, 0.3) is 21.9 Å². The summed E-state index contributed by atoms with van der Waals surface area (Å²) in [7, 11) is 0. The summed E-state index contributed by atoms with van der Waals surface area (Å²) in [5.74, 6) is -0.0222. The van der Waals surface area contributed by atoms with Gasteiger partial charge in [-0.2, -0.15) is 0 Å². The summed E-state index contributed by atoms with van der Waals surface area (Å²) in [6.45, 7) is 1.55. The van der Waals surface area contributed by atoms with Gasteiger partial charge in [0.25, 0.3) is 0 Å². The molecule has 0 aliphatic carbocycles. The van der Waals surface area contributed by atoms with E-state index in [0.717, 1.165) is 20.8 Å². The van der Waals surface area contributed by atoms with Gasteiger partial charge in [0.1, 0.15) is 5.65 Å². The van der Waals surface area contributed by atoms with Crippen LogP contribution in [-0.4, -0.2) is 15.5 Å². The average molecular weight is 289 g/mol. The topological polar surface area (TPSA) is 34.9 Å². The third-order valence-electron chi connectivity index (χ3n) is 2.80. The largest absolute Gasteiger partial charge is 0.274 e. The van der Waals surface area contributed by atoms with Gasteiger partial charge in [0.2, 0.25) is 5.91 Å². The molecule has 0 aliphatic heterocycles. The maximum Gasteiger partial charge on any atom is 0.229 e.